The second kappa shape index (κ2) is 6.03. The maximum atomic E-state index is 13.0. The summed E-state index contributed by atoms with van der Waals surface area (Å²) in [4.78, 5) is 11.1. The maximum Gasteiger partial charge on any atom is 0.327 e. The standard InChI is InChI=1S/C10H9FN2O3.ClH/c1-16-10(15)8(13)5-2-3-7(11)6(4-12)9(5)14;/h2-3,8,14H,13H2,1H3;1H/t8-;/m1./s1. The highest BCUT2D eigenvalue weighted by Gasteiger charge is 2.23. The molecule has 0 saturated carbocycles. The van der Waals surface area contributed by atoms with E-state index < -0.39 is 29.1 Å². The molecule has 0 unspecified atom stereocenters. The Morgan fingerprint density at radius 2 is 2.24 bits per heavy atom. The number of nitriles is 1. The van der Waals surface area contributed by atoms with Gasteiger partial charge in [0.05, 0.1) is 7.11 Å². The van der Waals surface area contributed by atoms with Crippen LogP contribution in [0.1, 0.15) is 17.2 Å². The van der Waals surface area contributed by atoms with E-state index in [2.05, 4.69) is 4.74 Å². The number of hydrogen-bond donors (Lipinski definition) is 2. The Labute approximate surface area is 103 Å². The molecule has 1 aromatic carbocycles. The fraction of sp³-hybridized carbons (Fsp3) is 0.200. The highest BCUT2D eigenvalue weighted by atomic mass is 35.5. The van der Waals surface area contributed by atoms with E-state index in [-0.39, 0.29) is 18.0 Å². The molecule has 0 spiro atoms. The molecule has 0 heterocycles. The minimum absolute atomic E-state index is 0. The Morgan fingerprint density at radius 3 is 2.71 bits per heavy atom. The molecule has 7 heteroatoms. The van der Waals surface area contributed by atoms with Crippen LogP contribution in [0.15, 0.2) is 12.1 Å². The summed E-state index contributed by atoms with van der Waals surface area (Å²) >= 11 is 0. The average Bonchev–Trinajstić information content (AvgIpc) is 2.28. The smallest absolute Gasteiger partial charge is 0.327 e. The van der Waals surface area contributed by atoms with Gasteiger partial charge in [-0.25, -0.2) is 4.39 Å². The van der Waals surface area contributed by atoms with Crippen LogP contribution >= 0.6 is 12.4 Å². The van der Waals surface area contributed by atoms with Crippen molar-refractivity contribution >= 4 is 18.4 Å². The molecule has 0 amide bonds. The number of phenolic OH excluding ortho intramolecular Hbond substituents is 1. The number of methoxy groups -OCH3 is 1. The van der Waals surface area contributed by atoms with Crippen molar-refractivity contribution in [2.45, 2.75) is 6.04 Å². The molecule has 3 N–H and O–H groups in total. The lowest BCUT2D eigenvalue weighted by molar-refractivity contribution is -0.142. The number of carbonyl (C=O) groups excluding carboxylic acids is 1. The van der Waals surface area contributed by atoms with Gasteiger partial charge in [-0.05, 0) is 6.07 Å². The third-order valence-corrected chi connectivity index (χ3v) is 2.06. The highest BCUT2D eigenvalue weighted by Crippen LogP contribution is 2.28. The predicted molar refractivity (Wildman–Crippen MR) is 59.0 cm³/mol. The van der Waals surface area contributed by atoms with Crippen LogP contribution in [0.5, 0.6) is 5.75 Å². The summed E-state index contributed by atoms with van der Waals surface area (Å²) in [5, 5.41) is 18.1. The summed E-state index contributed by atoms with van der Waals surface area (Å²) in [7, 11) is 1.13. The van der Waals surface area contributed by atoms with E-state index in [0.717, 1.165) is 19.2 Å². The van der Waals surface area contributed by atoms with E-state index in [1.54, 1.807) is 0 Å². The monoisotopic (exact) mass is 260 g/mol. The zero-order valence-corrected chi connectivity index (χ0v) is 9.62. The number of hydrogen-bond acceptors (Lipinski definition) is 5. The number of halogens is 2. The van der Waals surface area contributed by atoms with Crippen LogP contribution in [-0.4, -0.2) is 18.2 Å². The number of aromatic hydroxyl groups is 1. The largest absolute Gasteiger partial charge is 0.506 e. The summed E-state index contributed by atoms with van der Waals surface area (Å²) in [5.74, 6) is -2.30. The molecule has 92 valence electrons. The van der Waals surface area contributed by atoms with Gasteiger partial charge < -0.3 is 15.6 Å². The van der Waals surface area contributed by atoms with Crippen molar-refractivity contribution in [3.8, 4) is 11.8 Å². The van der Waals surface area contributed by atoms with Gasteiger partial charge in [0.2, 0.25) is 0 Å². The predicted octanol–water partition coefficient (Wildman–Crippen LogP) is 0.998. The van der Waals surface area contributed by atoms with E-state index in [4.69, 9.17) is 11.0 Å². The molecule has 0 aliphatic heterocycles. The van der Waals surface area contributed by atoms with E-state index in [1.807, 2.05) is 0 Å². The van der Waals surface area contributed by atoms with Gasteiger partial charge in [0.1, 0.15) is 29.2 Å². The van der Waals surface area contributed by atoms with E-state index in [0.29, 0.717) is 0 Å². The Kier molecular flexibility index (Phi) is 5.38. The molecule has 0 aromatic heterocycles. The summed E-state index contributed by atoms with van der Waals surface area (Å²) in [6.07, 6.45) is 0. The van der Waals surface area contributed by atoms with Gasteiger partial charge in [0.25, 0.3) is 0 Å². The summed E-state index contributed by atoms with van der Waals surface area (Å²) in [6, 6.07) is 2.32. The van der Waals surface area contributed by atoms with Gasteiger partial charge in [-0.2, -0.15) is 5.26 Å². The average molecular weight is 261 g/mol. The molecule has 5 nitrogen and oxygen atoms in total. The normalized spacial score (nSPS) is 10.9. The number of carbonyl (C=O) groups is 1. The lowest BCUT2D eigenvalue weighted by atomic mass is 10.0. The zero-order chi connectivity index (χ0) is 12.3. The van der Waals surface area contributed by atoms with Crippen LogP contribution in [-0.2, 0) is 9.53 Å². The SMILES string of the molecule is COC(=O)[C@H](N)c1ccc(F)c(C#N)c1O.Cl. The highest BCUT2D eigenvalue weighted by molar-refractivity contribution is 5.85. The first-order valence-corrected chi connectivity index (χ1v) is 4.27. The molecule has 17 heavy (non-hydrogen) atoms. The summed E-state index contributed by atoms with van der Waals surface area (Å²) in [6.45, 7) is 0. The fourth-order valence-corrected chi connectivity index (χ4v) is 1.19. The Morgan fingerprint density at radius 1 is 1.65 bits per heavy atom. The van der Waals surface area contributed by atoms with Gasteiger partial charge in [0.15, 0.2) is 0 Å². The van der Waals surface area contributed by atoms with Crippen molar-refractivity contribution in [2.75, 3.05) is 7.11 Å². The molecule has 1 aromatic rings. The summed E-state index contributed by atoms with van der Waals surface area (Å²) in [5.41, 5.74) is 4.86. The van der Waals surface area contributed by atoms with Crippen molar-refractivity contribution in [3.05, 3.63) is 29.1 Å². The molecule has 0 bridgehead atoms. The number of ether oxygens (including phenoxy) is 1. The van der Waals surface area contributed by atoms with Crippen LogP contribution < -0.4 is 5.73 Å². The van der Waals surface area contributed by atoms with Crippen molar-refractivity contribution in [1.82, 2.24) is 0 Å². The maximum absolute atomic E-state index is 13.0. The third-order valence-electron chi connectivity index (χ3n) is 2.06. The molecule has 0 aliphatic rings. The van der Waals surface area contributed by atoms with E-state index >= 15 is 0 Å². The molecule has 0 aliphatic carbocycles. The van der Waals surface area contributed by atoms with E-state index in [1.165, 1.54) is 6.07 Å². The van der Waals surface area contributed by atoms with Gasteiger partial charge in [0, 0.05) is 5.56 Å². The first kappa shape index (κ1) is 15.2. The molecule has 1 rings (SSSR count). The zero-order valence-electron chi connectivity index (χ0n) is 8.81. The van der Waals surface area contributed by atoms with Gasteiger partial charge in [-0.15, -0.1) is 12.4 Å². The molecule has 1 atom stereocenters. The quantitative estimate of drug-likeness (QED) is 0.773. The van der Waals surface area contributed by atoms with Crippen molar-refractivity contribution in [3.63, 3.8) is 0 Å². The topological polar surface area (TPSA) is 96.3 Å². The molecule has 0 radical (unpaired) electrons. The second-order valence-corrected chi connectivity index (χ2v) is 2.97. The second-order valence-electron chi connectivity index (χ2n) is 2.97. The summed E-state index contributed by atoms with van der Waals surface area (Å²) < 4.78 is 17.4. The number of rotatable bonds is 2. The van der Waals surface area contributed by atoms with Crippen LogP contribution in [0.25, 0.3) is 0 Å². The van der Waals surface area contributed by atoms with Gasteiger partial charge in [-0.3, -0.25) is 4.79 Å². The van der Waals surface area contributed by atoms with Gasteiger partial charge in [-0.1, -0.05) is 6.07 Å². The van der Waals surface area contributed by atoms with E-state index in [9.17, 15) is 14.3 Å². The van der Waals surface area contributed by atoms with Crippen LogP contribution in [0.3, 0.4) is 0 Å². The first-order valence-electron chi connectivity index (χ1n) is 4.27. The number of esters is 1. The lowest BCUT2D eigenvalue weighted by Crippen LogP contribution is -2.22. The molecule has 0 saturated heterocycles. The van der Waals surface area contributed by atoms with Crippen LogP contribution in [0.2, 0.25) is 0 Å². The van der Waals surface area contributed by atoms with Gasteiger partial charge >= 0.3 is 5.97 Å². The van der Waals surface area contributed by atoms with Crippen molar-refractivity contribution in [2.24, 2.45) is 5.73 Å². The van der Waals surface area contributed by atoms with Crippen molar-refractivity contribution < 1.29 is 19.0 Å². The van der Waals surface area contributed by atoms with Crippen LogP contribution in [0.4, 0.5) is 4.39 Å². The number of benzene rings is 1. The molecular formula is C10H10ClFN2O3. The first-order chi connectivity index (χ1) is 7.52. The third kappa shape index (κ3) is 2.84. The molecular weight excluding hydrogens is 251 g/mol. The fourth-order valence-electron chi connectivity index (χ4n) is 1.19. The minimum atomic E-state index is -1.25. The number of phenols is 1. The number of nitrogens with two attached hydrogens (primary N) is 1. The Bertz CT molecular complexity index is 473. The lowest BCUT2D eigenvalue weighted by Gasteiger charge is -2.12. The Hall–Kier alpha value is -1.84. The molecule has 0 fully saturated rings. The van der Waals surface area contributed by atoms with Crippen LogP contribution in [0, 0.1) is 17.1 Å². The minimum Gasteiger partial charge on any atom is -0.506 e. The number of nitrogens with zero attached hydrogens (tertiary/aromatic N) is 1. The van der Waals surface area contributed by atoms with Crippen molar-refractivity contribution in [1.29, 1.82) is 5.26 Å². The Balaban J connectivity index is 0.00000256.